The highest BCUT2D eigenvalue weighted by Gasteiger charge is 2.29. The van der Waals surface area contributed by atoms with Crippen molar-refractivity contribution in [2.45, 2.75) is 38.1 Å². The Morgan fingerprint density at radius 3 is 2.59 bits per heavy atom. The minimum Gasteiger partial charge on any atom is -0.465 e. The van der Waals surface area contributed by atoms with Crippen LogP contribution in [0.4, 0.5) is 4.79 Å². The smallest absolute Gasteiger partial charge is 0.404 e. The third kappa shape index (κ3) is 4.98. The lowest BCUT2D eigenvalue weighted by atomic mass is 9.83. The first-order valence-corrected chi connectivity index (χ1v) is 11.3. The largest absolute Gasteiger partial charge is 0.465 e. The third-order valence-corrected chi connectivity index (χ3v) is 6.76. The number of nitrogens with zero attached hydrogens (tertiary/aromatic N) is 3. The van der Waals surface area contributed by atoms with Crippen LogP contribution < -0.4 is 5.32 Å². The molecule has 8 nitrogen and oxygen atoms in total. The summed E-state index contributed by atoms with van der Waals surface area (Å²) in [6.45, 7) is 5.73. The highest BCUT2D eigenvalue weighted by molar-refractivity contribution is 7.90. The monoisotopic (exact) mass is 452 g/mol. The molecule has 3 aromatic rings. The first-order chi connectivity index (χ1) is 15.0. The molecule has 0 aliphatic heterocycles. The number of hydrogen-bond acceptors (Lipinski definition) is 5. The zero-order valence-corrected chi connectivity index (χ0v) is 18.8. The number of aromatic nitrogens is 2. The van der Waals surface area contributed by atoms with Crippen LogP contribution in [0.15, 0.2) is 66.0 Å². The van der Waals surface area contributed by atoms with Gasteiger partial charge >= 0.3 is 6.09 Å². The van der Waals surface area contributed by atoms with Crippen LogP contribution in [0.2, 0.25) is 0 Å². The van der Waals surface area contributed by atoms with Crippen LogP contribution in [0, 0.1) is 16.7 Å². The molecular weight excluding hydrogens is 428 g/mol. The number of amides is 1. The van der Waals surface area contributed by atoms with Gasteiger partial charge < -0.3 is 10.4 Å². The van der Waals surface area contributed by atoms with Gasteiger partial charge in [0, 0.05) is 30.2 Å². The van der Waals surface area contributed by atoms with Crippen molar-refractivity contribution in [3.63, 3.8) is 0 Å². The van der Waals surface area contributed by atoms with E-state index in [0.717, 1.165) is 3.97 Å². The van der Waals surface area contributed by atoms with E-state index in [-0.39, 0.29) is 11.3 Å². The van der Waals surface area contributed by atoms with Gasteiger partial charge in [-0.05, 0) is 47.7 Å². The van der Waals surface area contributed by atoms with Crippen molar-refractivity contribution in [1.29, 1.82) is 5.26 Å². The fourth-order valence-electron chi connectivity index (χ4n) is 3.34. The minimum atomic E-state index is -3.98. The van der Waals surface area contributed by atoms with Gasteiger partial charge in [0.15, 0.2) is 0 Å². The number of hydrogen-bond donors (Lipinski definition) is 2. The van der Waals surface area contributed by atoms with Gasteiger partial charge in [-0.2, -0.15) is 5.26 Å². The van der Waals surface area contributed by atoms with Crippen molar-refractivity contribution in [3.8, 4) is 17.3 Å². The molecule has 3 rings (SSSR count). The van der Waals surface area contributed by atoms with Crippen molar-refractivity contribution >= 4 is 16.1 Å². The molecule has 0 aliphatic rings. The second-order valence-electron chi connectivity index (χ2n) is 8.49. The first kappa shape index (κ1) is 23.0. The summed E-state index contributed by atoms with van der Waals surface area (Å²) < 4.78 is 28.0. The SMILES string of the molecule is CC(C)(C)C(Cc1cc(-c2cccc(C#N)c2)n(S(=O)(=O)c2cccnc2)c1)NC(=O)O. The predicted octanol–water partition coefficient (Wildman–Crippen LogP) is 3.88. The van der Waals surface area contributed by atoms with E-state index in [0.29, 0.717) is 22.4 Å². The molecule has 0 saturated carbocycles. The van der Waals surface area contributed by atoms with E-state index in [9.17, 15) is 23.6 Å². The van der Waals surface area contributed by atoms with E-state index in [2.05, 4.69) is 16.4 Å². The molecule has 0 radical (unpaired) electrons. The van der Waals surface area contributed by atoms with E-state index in [1.54, 1.807) is 36.4 Å². The van der Waals surface area contributed by atoms with E-state index in [4.69, 9.17) is 0 Å². The highest BCUT2D eigenvalue weighted by Crippen LogP contribution is 2.30. The summed E-state index contributed by atoms with van der Waals surface area (Å²) in [5, 5.41) is 21.0. The molecule has 1 amide bonds. The van der Waals surface area contributed by atoms with Gasteiger partial charge in [-0.25, -0.2) is 17.2 Å². The van der Waals surface area contributed by atoms with Crippen LogP contribution in [-0.2, 0) is 16.4 Å². The van der Waals surface area contributed by atoms with Crippen LogP contribution in [0.1, 0.15) is 31.9 Å². The Bertz CT molecular complexity index is 1270. The molecule has 2 heterocycles. The van der Waals surface area contributed by atoms with Crippen molar-refractivity contribution in [1.82, 2.24) is 14.3 Å². The van der Waals surface area contributed by atoms with Gasteiger partial charge in [-0.3, -0.25) is 4.98 Å². The summed E-state index contributed by atoms with van der Waals surface area (Å²) >= 11 is 0. The topological polar surface area (TPSA) is 125 Å². The maximum Gasteiger partial charge on any atom is 0.404 e. The molecule has 9 heteroatoms. The van der Waals surface area contributed by atoms with E-state index < -0.39 is 27.6 Å². The van der Waals surface area contributed by atoms with Crippen molar-refractivity contribution in [2.75, 3.05) is 0 Å². The van der Waals surface area contributed by atoms with Crippen LogP contribution in [-0.4, -0.2) is 34.6 Å². The van der Waals surface area contributed by atoms with Crippen molar-refractivity contribution < 1.29 is 18.3 Å². The second-order valence-corrected chi connectivity index (χ2v) is 10.3. The summed E-state index contributed by atoms with van der Waals surface area (Å²) in [5.41, 5.74) is 1.58. The first-order valence-electron chi connectivity index (χ1n) is 9.89. The van der Waals surface area contributed by atoms with Gasteiger partial charge in [0.1, 0.15) is 4.90 Å². The molecule has 2 aromatic heterocycles. The maximum atomic E-state index is 13.4. The standard InChI is InChI=1S/C23H24N4O4S/c1-23(2,3)21(26-22(28)29)12-17-11-20(18-7-4-6-16(10-18)13-24)27(15-17)32(30,31)19-8-5-9-25-14-19/h4-11,14-15,21,26H,12H2,1-3H3,(H,28,29). The molecule has 1 atom stereocenters. The summed E-state index contributed by atoms with van der Waals surface area (Å²) in [6, 6.07) is 13.0. The number of carboxylic acid groups (broad SMARTS) is 1. The van der Waals surface area contributed by atoms with Crippen LogP contribution in [0.3, 0.4) is 0 Å². The van der Waals surface area contributed by atoms with Crippen molar-refractivity contribution in [2.24, 2.45) is 5.41 Å². The Kier molecular flexibility index (Phi) is 6.37. The predicted molar refractivity (Wildman–Crippen MR) is 120 cm³/mol. The van der Waals surface area contributed by atoms with Gasteiger partial charge in [0.25, 0.3) is 10.0 Å². The van der Waals surface area contributed by atoms with E-state index in [1.807, 2.05) is 20.8 Å². The maximum absolute atomic E-state index is 13.4. The Morgan fingerprint density at radius 1 is 1.25 bits per heavy atom. The lowest BCUT2D eigenvalue weighted by Crippen LogP contribution is -2.44. The summed E-state index contributed by atoms with van der Waals surface area (Å²) in [6.07, 6.45) is 3.40. The Hall–Kier alpha value is -3.64. The number of nitriles is 1. The molecule has 2 N–H and O–H groups in total. The average molecular weight is 453 g/mol. The third-order valence-electron chi connectivity index (χ3n) is 5.10. The lowest BCUT2D eigenvalue weighted by Gasteiger charge is -2.30. The highest BCUT2D eigenvalue weighted by atomic mass is 32.2. The molecule has 32 heavy (non-hydrogen) atoms. The minimum absolute atomic E-state index is 0.0240. The van der Waals surface area contributed by atoms with Crippen molar-refractivity contribution in [3.05, 3.63) is 72.2 Å². The Labute approximate surface area is 187 Å². The van der Waals surface area contributed by atoms with Crippen LogP contribution >= 0.6 is 0 Å². The zero-order valence-electron chi connectivity index (χ0n) is 18.0. The number of carbonyl (C=O) groups is 1. The number of pyridine rings is 1. The molecule has 0 bridgehead atoms. The molecule has 0 spiro atoms. The number of benzene rings is 1. The number of nitrogens with one attached hydrogen (secondary N) is 1. The van der Waals surface area contributed by atoms with Gasteiger partial charge in [-0.1, -0.05) is 32.9 Å². The summed E-state index contributed by atoms with van der Waals surface area (Å²) in [7, 11) is -3.98. The Morgan fingerprint density at radius 2 is 2.00 bits per heavy atom. The molecule has 0 saturated heterocycles. The van der Waals surface area contributed by atoms with Crippen LogP contribution in [0.5, 0.6) is 0 Å². The molecule has 0 fully saturated rings. The van der Waals surface area contributed by atoms with Crippen LogP contribution in [0.25, 0.3) is 11.3 Å². The zero-order chi connectivity index (χ0) is 23.5. The van der Waals surface area contributed by atoms with Gasteiger partial charge in [-0.15, -0.1) is 0 Å². The fourth-order valence-corrected chi connectivity index (χ4v) is 4.70. The molecule has 166 valence electrons. The normalized spacial score (nSPS) is 12.7. The second kappa shape index (κ2) is 8.85. The molecule has 1 unspecified atom stereocenters. The van der Waals surface area contributed by atoms with E-state index >= 15 is 0 Å². The lowest BCUT2D eigenvalue weighted by molar-refractivity contribution is 0.174. The van der Waals surface area contributed by atoms with Gasteiger partial charge in [0.2, 0.25) is 0 Å². The molecular formula is C23H24N4O4S. The van der Waals surface area contributed by atoms with E-state index in [1.165, 1.54) is 24.7 Å². The molecule has 1 aromatic carbocycles. The number of rotatable bonds is 6. The quantitative estimate of drug-likeness (QED) is 0.585. The molecule has 0 aliphatic carbocycles. The van der Waals surface area contributed by atoms with Gasteiger partial charge in [0.05, 0.1) is 17.3 Å². The Balaban J connectivity index is 2.16. The summed E-state index contributed by atoms with van der Waals surface area (Å²) in [4.78, 5) is 15.2. The summed E-state index contributed by atoms with van der Waals surface area (Å²) in [5.74, 6) is 0. The fraction of sp³-hybridized carbons (Fsp3) is 0.261. The average Bonchev–Trinajstić information content (AvgIpc) is 3.18.